The van der Waals surface area contributed by atoms with Gasteiger partial charge in [0.1, 0.15) is 0 Å². The van der Waals surface area contributed by atoms with E-state index in [2.05, 4.69) is 41.2 Å². The van der Waals surface area contributed by atoms with Crippen LogP contribution in [0, 0.1) is 13.8 Å². The van der Waals surface area contributed by atoms with Crippen LogP contribution >= 0.6 is 0 Å². The average Bonchev–Trinajstić information content (AvgIpc) is 2.60. The zero-order valence-corrected chi connectivity index (χ0v) is 8.83. The second kappa shape index (κ2) is 2.83. The molecule has 1 aromatic carbocycles. The Bertz CT molecular complexity index is 594. The summed E-state index contributed by atoms with van der Waals surface area (Å²) in [6.45, 7) is 4.16. The smallest absolute Gasteiger partial charge is 0.0681 e. The lowest BCUT2D eigenvalue weighted by Gasteiger charge is -1.93. The number of aromatic nitrogens is 2. The summed E-state index contributed by atoms with van der Waals surface area (Å²) < 4.78 is 0. The van der Waals surface area contributed by atoms with E-state index >= 15 is 0 Å². The molecule has 3 rings (SSSR count). The number of hydrogen-bond donors (Lipinski definition) is 1. The number of rotatable bonds is 0. The number of aryl methyl sites for hydroxylation is 2. The zero-order valence-electron chi connectivity index (χ0n) is 8.83. The minimum atomic E-state index is 1.06. The van der Waals surface area contributed by atoms with Crippen molar-refractivity contribution in [3.63, 3.8) is 0 Å². The topological polar surface area (TPSA) is 28.7 Å². The Morgan fingerprint density at radius 3 is 2.67 bits per heavy atom. The molecule has 0 amide bonds. The maximum absolute atomic E-state index is 4.30. The molecule has 0 aliphatic rings. The van der Waals surface area contributed by atoms with Crippen molar-refractivity contribution in [2.75, 3.05) is 0 Å². The van der Waals surface area contributed by atoms with Gasteiger partial charge in [-0.2, -0.15) is 0 Å². The van der Waals surface area contributed by atoms with E-state index in [-0.39, 0.29) is 0 Å². The van der Waals surface area contributed by atoms with Crippen LogP contribution in [-0.2, 0) is 0 Å². The fourth-order valence-electron chi connectivity index (χ4n) is 2.13. The quantitative estimate of drug-likeness (QED) is 0.587. The SMILES string of the molecule is Cc1cccc2c1[nH]c1c(C)nccc12. The summed E-state index contributed by atoms with van der Waals surface area (Å²) in [6, 6.07) is 8.45. The first kappa shape index (κ1) is 8.48. The highest BCUT2D eigenvalue weighted by Gasteiger charge is 2.07. The molecular formula is C13H12N2. The van der Waals surface area contributed by atoms with Crippen molar-refractivity contribution in [3.8, 4) is 0 Å². The molecule has 0 unspecified atom stereocenters. The minimum absolute atomic E-state index is 1.06. The molecule has 0 saturated heterocycles. The predicted molar refractivity (Wildman–Crippen MR) is 63.1 cm³/mol. The maximum Gasteiger partial charge on any atom is 0.0681 e. The Morgan fingerprint density at radius 1 is 1.00 bits per heavy atom. The van der Waals surface area contributed by atoms with E-state index in [1.807, 2.05) is 13.1 Å². The molecule has 1 N–H and O–H groups in total. The van der Waals surface area contributed by atoms with Gasteiger partial charge < -0.3 is 4.98 Å². The van der Waals surface area contributed by atoms with Crippen molar-refractivity contribution < 1.29 is 0 Å². The van der Waals surface area contributed by atoms with Gasteiger partial charge in [0.25, 0.3) is 0 Å². The number of nitrogens with one attached hydrogen (secondary N) is 1. The van der Waals surface area contributed by atoms with Gasteiger partial charge in [0, 0.05) is 22.5 Å². The number of hydrogen-bond acceptors (Lipinski definition) is 1. The Morgan fingerprint density at radius 2 is 1.80 bits per heavy atom. The first-order valence-corrected chi connectivity index (χ1v) is 5.10. The van der Waals surface area contributed by atoms with Gasteiger partial charge in [0.2, 0.25) is 0 Å². The van der Waals surface area contributed by atoms with Gasteiger partial charge in [0.15, 0.2) is 0 Å². The average molecular weight is 196 g/mol. The molecule has 2 nitrogen and oxygen atoms in total. The molecule has 2 heteroatoms. The lowest BCUT2D eigenvalue weighted by Crippen LogP contribution is -1.80. The Hall–Kier alpha value is -1.83. The van der Waals surface area contributed by atoms with Crippen molar-refractivity contribution in [3.05, 3.63) is 41.7 Å². The monoisotopic (exact) mass is 196 g/mol. The van der Waals surface area contributed by atoms with Gasteiger partial charge in [-0.3, -0.25) is 4.98 Å². The van der Waals surface area contributed by atoms with E-state index in [0.717, 1.165) is 11.2 Å². The van der Waals surface area contributed by atoms with Crippen LogP contribution in [-0.4, -0.2) is 9.97 Å². The normalized spacial score (nSPS) is 11.3. The molecule has 0 aliphatic carbocycles. The molecule has 0 radical (unpaired) electrons. The number of nitrogens with zero attached hydrogens (tertiary/aromatic N) is 1. The molecular weight excluding hydrogens is 184 g/mol. The van der Waals surface area contributed by atoms with Gasteiger partial charge in [-0.15, -0.1) is 0 Å². The summed E-state index contributed by atoms with van der Waals surface area (Å²) in [4.78, 5) is 7.75. The fraction of sp³-hybridized carbons (Fsp3) is 0.154. The number of pyridine rings is 1. The summed E-state index contributed by atoms with van der Waals surface area (Å²) >= 11 is 0. The van der Waals surface area contributed by atoms with Crippen LogP contribution < -0.4 is 0 Å². The van der Waals surface area contributed by atoms with Crippen LogP contribution in [0.3, 0.4) is 0 Å². The minimum Gasteiger partial charge on any atom is -0.353 e. The van der Waals surface area contributed by atoms with E-state index in [9.17, 15) is 0 Å². The number of benzene rings is 1. The van der Waals surface area contributed by atoms with Crippen LogP contribution in [0.25, 0.3) is 21.8 Å². The fourth-order valence-corrected chi connectivity index (χ4v) is 2.13. The van der Waals surface area contributed by atoms with Crippen molar-refractivity contribution in [1.82, 2.24) is 9.97 Å². The summed E-state index contributed by atoms with van der Waals surface area (Å²) in [5, 5.41) is 2.55. The van der Waals surface area contributed by atoms with E-state index in [1.165, 1.54) is 21.9 Å². The molecule has 0 saturated carbocycles. The maximum atomic E-state index is 4.30. The number of fused-ring (bicyclic) bond motifs is 3. The molecule has 74 valence electrons. The first-order chi connectivity index (χ1) is 7.27. The van der Waals surface area contributed by atoms with E-state index in [1.54, 1.807) is 0 Å². The predicted octanol–water partition coefficient (Wildman–Crippen LogP) is 3.33. The lowest BCUT2D eigenvalue weighted by atomic mass is 10.1. The molecule has 0 aliphatic heterocycles. The number of aromatic amines is 1. The molecule has 2 aromatic heterocycles. The Kier molecular flexibility index (Phi) is 1.60. The van der Waals surface area contributed by atoms with Gasteiger partial charge in [-0.1, -0.05) is 18.2 Å². The van der Waals surface area contributed by atoms with Crippen LogP contribution in [0.1, 0.15) is 11.3 Å². The summed E-state index contributed by atoms with van der Waals surface area (Å²) in [5.41, 5.74) is 4.72. The molecule has 15 heavy (non-hydrogen) atoms. The van der Waals surface area contributed by atoms with E-state index in [4.69, 9.17) is 0 Å². The summed E-state index contributed by atoms with van der Waals surface area (Å²) in [5.74, 6) is 0. The van der Waals surface area contributed by atoms with E-state index < -0.39 is 0 Å². The molecule has 0 bridgehead atoms. The number of H-pyrrole nitrogens is 1. The van der Waals surface area contributed by atoms with E-state index in [0.29, 0.717) is 0 Å². The third kappa shape index (κ3) is 1.08. The van der Waals surface area contributed by atoms with Gasteiger partial charge in [-0.25, -0.2) is 0 Å². The second-order valence-electron chi connectivity index (χ2n) is 3.94. The molecule has 3 aromatic rings. The highest BCUT2D eigenvalue weighted by Crippen LogP contribution is 2.27. The third-order valence-electron chi connectivity index (χ3n) is 2.95. The first-order valence-electron chi connectivity index (χ1n) is 5.10. The highest BCUT2D eigenvalue weighted by atomic mass is 14.8. The van der Waals surface area contributed by atoms with Gasteiger partial charge in [0.05, 0.1) is 11.2 Å². The molecule has 0 atom stereocenters. The Labute approximate surface area is 88.0 Å². The standard InChI is InChI=1S/C13H12N2/c1-8-4-3-5-10-11-6-7-14-9(2)13(11)15-12(8)10/h3-7,15H,1-2H3. The summed E-state index contributed by atoms with van der Waals surface area (Å²) in [7, 11) is 0. The molecule has 2 heterocycles. The van der Waals surface area contributed by atoms with Crippen molar-refractivity contribution in [1.29, 1.82) is 0 Å². The van der Waals surface area contributed by atoms with Crippen LogP contribution in [0.4, 0.5) is 0 Å². The van der Waals surface area contributed by atoms with Gasteiger partial charge >= 0.3 is 0 Å². The van der Waals surface area contributed by atoms with Crippen LogP contribution in [0.15, 0.2) is 30.5 Å². The summed E-state index contributed by atoms with van der Waals surface area (Å²) in [6.07, 6.45) is 1.87. The van der Waals surface area contributed by atoms with Crippen molar-refractivity contribution in [2.24, 2.45) is 0 Å². The lowest BCUT2D eigenvalue weighted by molar-refractivity contribution is 1.22. The number of para-hydroxylation sites is 1. The third-order valence-corrected chi connectivity index (χ3v) is 2.95. The molecule has 0 spiro atoms. The van der Waals surface area contributed by atoms with Crippen molar-refractivity contribution in [2.45, 2.75) is 13.8 Å². The van der Waals surface area contributed by atoms with Gasteiger partial charge in [-0.05, 0) is 25.5 Å². The highest BCUT2D eigenvalue weighted by molar-refractivity contribution is 6.08. The molecule has 0 fully saturated rings. The Balaban J connectivity index is 2.63. The van der Waals surface area contributed by atoms with Crippen LogP contribution in [0.5, 0.6) is 0 Å². The van der Waals surface area contributed by atoms with Crippen LogP contribution in [0.2, 0.25) is 0 Å². The zero-order chi connectivity index (χ0) is 10.4. The second-order valence-corrected chi connectivity index (χ2v) is 3.94. The largest absolute Gasteiger partial charge is 0.353 e. The van der Waals surface area contributed by atoms with Crippen molar-refractivity contribution >= 4 is 21.8 Å².